The Morgan fingerprint density at radius 2 is 1.89 bits per heavy atom. The first-order valence-electron chi connectivity index (χ1n) is 7.25. The molecule has 0 aliphatic heterocycles. The Labute approximate surface area is 111 Å². The molecule has 2 rings (SSSR count). The molecule has 1 atom stereocenters. The summed E-state index contributed by atoms with van der Waals surface area (Å²) in [5.74, 6) is 5.77. The van der Waals surface area contributed by atoms with Crippen LogP contribution in [0.2, 0.25) is 0 Å². The standard InChI is InChI=1S/C16H26N2/c1-16(12-5-6-13-16)15(18-17)11-7-10-14-8-3-2-4-9-14/h2-4,8-9,15,18H,5-7,10-13,17H2,1H3. The first-order chi connectivity index (χ1) is 8.74. The molecule has 100 valence electrons. The van der Waals surface area contributed by atoms with Crippen molar-refractivity contribution in [2.75, 3.05) is 0 Å². The zero-order chi connectivity index (χ0) is 12.8. The van der Waals surface area contributed by atoms with E-state index in [1.54, 1.807) is 0 Å². The fraction of sp³-hybridized carbons (Fsp3) is 0.625. The van der Waals surface area contributed by atoms with Crippen molar-refractivity contribution >= 4 is 0 Å². The van der Waals surface area contributed by atoms with Crippen LogP contribution in [0.4, 0.5) is 0 Å². The highest BCUT2D eigenvalue weighted by molar-refractivity contribution is 5.14. The summed E-state index contributed by atoms with van der Waals surface area (Å²) >= 11 is 0. The molecule has 1 aliphatic carbocycles. The number of hydrogen-bond acceptors (Lipinski definition) is 2. The second-order valence-corrected chi connectivity index (χ2v) is 5.96. The van der Waals surface area contributed by atoms with Crippen molar-refractivity contribution in [1.29, 1.82) is 0 Å². The van der Waals surface area contributed by atoms with E-state index in [-0.39, 0.29) is 0 Å². The molecule has 1 aliphatic rings. The van der Waals surface area contributed by atoms with E-state index in [4.69, 9.17) is 5.84 Å². The predicted molar refractivity (Wildman–Crippen MR) is 77.1 cm³/mol. The highest BCUT2D eigenvalue weighted by Gasteiger charge is 2.35. The maximum atomic E-state index is 5.77. The fourth-order valence-electron chi connectivity index (χ4n) is 3.32. The van der Waals surface area contributed by atoms with Crippen LogP contribution in [0.3, 0.4) is 0 Å². The third kappa shape index (κ3) is 3.33. The minimum Gasteiger partial charge on any atom is -0.271 e. The van der Waals surface area contributed by atoms with Crippen molar-refractivity contribution in [2.45, 2.75) is 57.9 Å². The fourth-order valence-corrected chi connectivity index (χ4v) is 3.32. The molecule has 1 unspecified atom stereocenters. The van der Waals surface area contributed by atoms with Gasteiger partial charge in [0.15, 0.2) is 0 Å². The van der Waals surface area contributed by atoms with Crippen LogP contribution >= 0.6 is 0 Å². The van der Waals surface area contributed by atoms with Gasteiger partial charge in [-0.1, -0.05) is 50.1 Å². The second-order valence-electron chi connectivity index (χ2n) is 5.96. The number of hydrazine groups is 1. The lowest BCUT2D eigenvalue weighted by Gasteiger charge is -2.33. The molecule has 0 bridgehead atoms. The number of benzene rings is 1. The van der Waals surface area contributed by atoms with Gasteiger partial charge in [-0.25, -0.2) is 0 Å². The van der Waals surface area contributed by atoms with E-state index in [9.17, 15) is 0 Å². The molecule has 0 amide bonds. The summed E-state index contributed by atoms with van der Waals surface area (Å²) in [5.41, 5.74) is 4.93. The lowest BCUT2D eigenvalue weighted by atomic mass is 9.78. The molecule has 3 N–H and O–H groups in total. The Morgan fingerprint density at radius 1 is 1.22 bits per heavy atom. The summed E-state index contributed by atoms with van der Waals surface area (Å²) < 4.78 is 0. The Balaban J connectivity index is 1.81. The van der Waals surface area contributed by atoms with Crippen LogP contribution in [0.25, 0.3) is 0 Å². The number of rotatable bonds is 6. The van der Waals surface area contributed by atoms with E-state index in [0.717, 1.165) is 6.42 Å². The normalized spacial score (nSPS) is 19.9. The molecule has 0 saturated heterocycles. The second kappa shape index (κ2) is 6.35. The van der Waals surface area contributed by atoms with Crippen molar-refractivity contribution in [1.82, 2.24) is 5.43 Å². The van der Waals surface area contributed by atoms with Gasteiger partial charge < -0.3 is 0 Å². The average Bonchev–Trinajstić information content (AvgIpc) is 2.84. The van der Waals surface area contributed by atoms with Gasteiger partial charge in [0.05, 0.1) is 0 Å². The minimum atomic E-state index is 0.422. The third-order valence-corrected chi connectivity index (χ3v) is 4.59. The Hall–Kier alpha value is -0.860. The highest BCUT2D eigenvalue weighted by Crippen LogP contribution is 2.41. The molecule has 1 fully saturated rings. The molecular weight excluding hydrogens is 220 g/mol. The summed E-state index contributed by atoms with van der Waals surface area (Å²) in [5, 5.41) is 0. The van der Waals surface area contributed by atoms with E-state index in [1.165, 1.54) is 44.1 Å². The maximum Gasteiger partial charge on any atom is 0.0264 e. The zero-order valence-electron chi connectivity index (χ0n) is 11.5. The molecule has 1 saturated carbocycles. The van der Waals surface area contributed by atoms with Crippen molar-refractivity contribution in [3.63, 3.8) is 0 Å². The molecule has 18 heavy (non-hydrogen) atoms. The Morgan fingerprint density at radius 3 is 2.50 bits per heavy atom. The first-order valence-corrected chi connectivity index (χ1v) is 7.25. The summed E-state index contributed by atoms with van der Waals surface area (Å²) in [6.07, 6.45) is 8.95. The molecule has 1 aromatic carbocycles. The summed E-state index contributed by atoms with van der Waals surface area (Å²) in [6, 6.07) is 11.2. The molecule has 2 heteroatoms. The number of aryl methyl sites for hydroxylation is 1. The third-order valence-electron chi connectivity index (χ3n) is 4.59. The topological polar surface area (TPSA) is 38.0 Å². The zero-order valence-corrected chi connectivity index (χ0v) is 11.5. The summed E-state index contributed by atoms with van der Waals surface area (Å²) in [7, 11) is 0. The monoisotopic (exact) mass is 246 g/mol. The lowest BCUT2D eigenvalue weighted by Crippen LogP contribution is -2.45. The van der Waals surface area contributed by atoms with Gasteiger partial charge in [0.2, 0.25) is 0 Å². The lowest BCUT2D eigenvalue weighted by molar-refractivity contribution is 0.208. The Bertz CT molecular complexity index is 341. The van der Waals surface area contributed by atoms with Crippen molar-refractivity contribution in [3.05, 3.63) is 35.9 Å². The van der Waals surface area contributed by atoms with Gasteiger partial charge in [-0.05, 0) is 43.1 Å². The molecule has 0 radical (unpaired) electrons. The van der Waals surface area contributed by atoms with Crippen LogP contribution in [0.15, 0.2) is 30.3 Å². The van der Waals surface area contributed by atoms with Crippen LogP contribution in [0.1, 0.15) is 51.0 Å². The maximum absolute atomic E-state index is 5.77. The van der Waals surface area contributed by atoms with E-state index < -0.39 is 0 Å². The molecule has 0 spiro atoms. The van der Waals surface area contributed by atoms with Crippen molar-refractivity contribution in [3.8, 4) is 0 Å². The first kappa shape index (κ1) is 13.6. The number of hydrogen-bond donors (Lipinski definition) is 2. The van der Waals surface area contributed by atoms with Gasteiger partial charge in [-0.2, -0.15) is 0 Å². The highest BCUT2D eigenvalue weighted by atomic mass is 15.2. The quantitative estimate of drug-likeness (QED) is 0.596. The average molecular weight is 246 g/mol. The van der Waals surface area contributed by atoms with Crippen LogP contribution in [-0.2, 0) is 6.42 Å². The smallest absolute Gasteiger partial charge is 0.0264 e. The molecule has 0 aromatic heterocycles. The van der Waals surface area contributed by atoms with Gasteiger partial charge in [0.25, 0.3) is 0 Å². The predicted octanol–water partition coefficient (Wildman–Crippen LogP) is 3.42. The van der Waals surface area contributed by atoms with E-state index in [1.807, 2.05) is 0 Å². The summed E-state index contributed by atoms with van der Waals surface area (Å²) in [6.45, 7) is 2.40. The molecule has 2 nitrogen and oxygen atoms in total. The van der Waals surface area contributed by atoms with Crippen LogP contribution < -0.4 is 11.3 Å². The minimum absolute atomic E-state index is 0.422. The van der Waals surface area contributed by atoms with Gasteiger partial charge in [0, 0.05) is 6.04 Å². The van der Waals surface area contributed by atoms with Crippen LogP contribution in [-0.4, -0.2) is 6.04 Å². The largest absolute Gasteiger partial charge is 0.271 e. The van der Waals surface area contributed by atoms with Gasteiger partial charge >= 0.3 is 0 Å². The van der Waals surface area contributed by atoms with Gasteiger partial charge in [-0.3, -0.25) is 11.3 Å². The number of nitrogens with one attached hydrogen (secondary N) is 1. The SMILES string of the molecule is CC1(C(CCCc2ccccc2)NN)CCCC1. The van der Waals surface area contributed by atoms with Crippen LogP contribution in [0.5, 0.6) is 0 Å². The van der Waals surface area contributed by atoms with Crippen molar-refractivity contribution < 1.29 is 0 Å². The molecular formula is C16H26N2. The van der Waals surface area contributed by atoms with Crippen molar-refractivity contribution in [2.24, 2.45) is 11.3 Å². The van der Waals surface area contributed by atoms with Crippen LogP contribution in [0, 0.1) is 5.41 Å². The van der Waals surface area contributed by atoms with Gasteiger partial charge in [0.1, 0.15) is 0 Å². The molecule has 0 heterocycles. The number of nitrogens with two attached hydrogens (primary N) is 1. The van der Waals surface area contributed by atoms with Gasteiger partial charge in [-0.15, -0.1) is 0 Å². The summed E-state index contributed by atoms with van der Waals surface area (Å²) in [4.78, 5) is 0. The van der Waals surface area contributed by atoms with E-state index in [2.05, 4.69) is 42.7 Å². The van der Waals surface area contributed by atoms with E-state index >= 15 is 0 Å². The Kier molecular flexibility index (Phi) is 4.79. The molecule has 1 aromatic rings. The van der Waals surface area contributed by atoms with E-state index in [0.29, 0.717) is 11.5 Å².